The summed E-state index contributed by atoms with van der Waals surface area (Å²) in [5, 5.41) is 15.2. The highest BCUT2D eigenvalue weighted by atomic mass is 19.1. The Balaban J connectivity index is 1.59. The third kappa shape index (κ3) is 5.63. The first kappa shape index (κ1) is 21.9. The van der Waals surface area contributed by atoms with Gasteiger partial charge in [-0.05, 0) is 57.4 Å². The Morgan fingerprint density at radius 2 is 2.03 bits per heavy atom. The van der Waals surface area contributed by atoms with Crippen LogP contribution in [0.1, 0.15) is 49.9 Å². The van der Waals surface area contributed by atoms with Crippen LogP contribution in [0.15, 0.2) is 42.6 Å². The predicted octanol–water partition coefficient (Wildman–Crippen LogP) is 3.06. The maximum Gasteiger partial charge on any atom is 0.253 e. The number of halogens is 1. The predicted molar refractivity (Wildman–Crippen MR) is 112 cm³/mol. The molecule has 3 rings (SSSR count). The van der Waals surface area contributed by atoms with Gasteiger partial charge in [-0.2, -0.15) is 0 Å². The number of aliphatic hydroxyl groups excluding tert-OH is 1. The Hall–Kier alpha value is -2.80. The molecule has 1 aliphatic carbocycles. The fourth-order valence-electron chi connectivity index (χ4n) is 3.65. The summed E-state index contributed by atoms with van der Waals surface area (Å²) in [6.45, 7) is 3.41. The molecular weight excluding hydrogens is 385 g/mol. The third-order valence-electron chi connectivity index (χ3n) is 5.38. The molecule has 7 heteroatoms. The SMILES string of the molecule is CC(C)(CO)NC(=O)C1CCCC(NC(=O)c2ccc(-c3cccc(F)c3)nc2)C1. The van der Waals surface area contributed by atoms with Crippen LogP contribution in [0.25, 0.3) is 11.3 Å². The van der Waals surface area contributed by atoms with Crippen molar-refractivity contribution in [3.63, 3.8) is 0 Å². The third-order valence-corrected chi connectivity index (χ3v) is 5.38. The Labute approximate surface area is 175 Å². The first-order chi connectivity index (χ1) is 14.3. The van der Waals surface area contributed by atoms with E-state index in [-0.39, 0.29) is 36.2 Å². The maximum atomic E-state index is 13.4. The van der Waals surface area contributed by atoms with Crippen LogP contribution in [-0.2, 0) is 4.79 Å². The minimum Gasteiger partial charge on any atom is -0.394 e. The van der Waals surface area contributed by atoms with Gasteiger partial charge in [-0.3, -0.25) is 14.6 Å². The van der Waals surface area contributed by atoms with Crippen molar-refractivity contribution in [3.8, 4) is 11.3 Å². The van der Waals surface area contributed by atoms with Crippen LogP contribution in [0.2, 0.25) is 0 Å². The second-order valence-electron chi connectivity index (χ2n) is 8.51. The summed E-state index contributed by atoms with van der Waals surface area (Å²) in [6.07, 6.45) is 4.47. The van der Waals surface area contributed by atoms with Gasteiger partial charge in [0.25, 0.3) is 5.91 Å². The number of nitrogens with one attached hydrogen (secondary N) is 2. The molecule has 3 N–H and O–H groups in total. The lowest BCUT2D eigenvalue weighted by molar-refractivity contribution is -0.128. The molecule has 0 bridgehead atoms. The average Bonchev–Trinajstić information content (AvgIpc) is 2.74. The number of aliphatic hydroxyl groups is 1. The van der Waals surface area contributed by atoms with E-state index in [2.05, 4.69) is 15.6 Å². The van der Waals surface area contributed by atoms with Crippen molar-refractivity contribution in [1.29, 1.82) is 0 Å². The largest absolute Gasteiger partial charge is 0.394 e. The number of aromatic nitrogens is 1. The van der Waals surface area contributed by atoms with Crippen LogP contribution >= 0.6 is 0 Å². The summed E-state index contributed by atoms with van der Waals surface area (Å²) in [6, 6.07) is 9.40. The van der Waals surface area contributed by atoms with E-state index in [0.29, 0.717) is 23.2 Å². The molecule has 1 aromatic heterocycles. The molecule has 1 aromatic carbocycles. The quantitative estimate of drug-likeness (QED) is 0.679. The lowest BCUT2D eigenvalue weighted by Gasteiger charge is -2.32. The fourth-order valence-corrected chi connectivity index (χ4v) is 3.65. The highest BCUT2D eigenvalue weighted by Gasteiger charge is 2.31. The Morgan fingerprint density at radius 1 is 1.23 bits per heavy atom. The maximum absolute atomic E-state index is 13.4. The zero-order valence-corrected chi connectivity index (χ0v) is 17.3. The van der Waals surface area contributed by atoms with E-state index >= 15 is 0 Å². The van der Waals surface area contributed by atoms with Crippen LogP contribution in [0.3, 0.4) is 0 Å². The number of carbonyl (C=O) groups excluding carboxylic acids is 2. The zero-order chi connectivity index (χ0) is 21.7. The van der Waals surface area contributed by atoms with Gasteiger partial charge in [0.2, 0.25) is 5.91 Å². The Morgan fingerprint density at radius 3 is 2.70 bits per heavy atom. The second kappa shape index (κ2) is 9.34. The number of nitrogens with zero attached hydrogens (tertiary/aromatic N) is 1. The molecule has 160 valence electrons. The van der Waals surface area contributed by atoms with Gasteiger partial charge in [-0.1, -0.05) is 18.6 Å². The fraction of sp³-hybridized carbons (Fsp3) is 0.435. The van der Waals surface area contributed by atoms with E-state index in [1.54, 1.807) is 38.1 Å². The molecule has 0 radical (unpaired) electrons. The monoisotopic (exact) mass is 413 g/mol. The molecule has 6 nitrogen and oxygen atoms in total. The van der Waals surface area contributed by atoms with Gasteiger partial charge in [-0.25, -0.2) is 4.39 Å². The molecule has 1 aliphatic rings. The lowest BCUT2D eigenvalue weighted by atomic mass is 9.84. The van der Waals surface area contributed by atoms with Gasteiger partial charge in [-0.15, -0.1) is 0 Å². The van der Waals surface area contributed by atoms with Crippen LogP contribution in [0, 0.1) is 11.7 Å². The summed E-state index contributed by atoms with van der Waals surface area (Å²) >= 11 is 0. The molecule has 1 fully saturated rings. The van der Waals surface area contributed by atoms with Gasteiger partial charge in [0.05, 0.1) is 23.4 Å². The number of carbonyl (C=O) groups is 2. The standard InChI is InChI=1S/C23H28FN3O3/c1-23(2,14-28)27-22(30)16-6-4-8-19(12-16)26-21(29)17-9-10-20(25-13-17)15-5-3-7-18(24)11-15/h3,5,7,9-11,13,16,19,28H,4,6,8,12,14H2,1-2H3,(H,26,29)(H,27,30). The number of hydrogen-bond acceptors (Lipinski definition) is 4. The highest BCUT2D eigenvalue weighted by Crippen LogP contribution is 2.25. The molecular formula is C23H28FN3O3. The molecule has 2 aromatic rings. The van der Waals surface area contributed by atoms with Gasteiger partial charge in [0, 0.05) is 23.7 Å². The van der Waals surface area contributed by atoms with Crippen molar-refractivity contribution in [3.05, 3.63) is 54.0 Å². The molecule has 0 aliphatic heterocycles. The molecule has 2 unspecified atom stereocenters. The zero-order valence-electron chi connectivity index (χ0n) is 17.3. The van der Waals surface area contributed by atoms with E-state index in [0.717, 1.165) is 19.3 Å². The Bertz CT molecular complexity index is 899. The normalized spacial score (nSPS) is 19.2. The van der Waals surface area contributed by atoms with Crippen molar-refractivity contribution in [2.45, 2.75) is 51.1 Å². The summed E-state index contributed by atoms with van der Waals surface area (Å²) < 4.78 is 13.4. The highest BCUT2D eigenvalue weighted by molar-refractivity contribution is 5.94. The molecule has 1 heterocycles. The van der Waals surface area contributed by atoms with Crippen molar-refractivity contribution in [2.75, 3.05) is 6.61 Å². The number of rotatable bonds is 6. The first-order valence-electron chi connectivity index (χ1n) is 10.2. The Kier molecular flexibility index (Phi) is 6.82. The summed E-state index contributed by atoms with van der Waals surface area (Å²) in [7, 11) is 0. The van der Waals surface area contributed by atoms with E-state index < -0.39 is 5.54 Å². The van der Waals surface area contributed by atoms with Gasteiger partial charge >= 0.3 is 0 Å². The summed E-state index contributed by atoms with van der Waals surface area (Å²) in [5.41, 5.74) is 0.992. The molecule has 30 heavy (non-hydrogen) atoms. The van der Waals surface area contributed by atoms with Gasteiger partial charge < -0.3 is 15.7 Å². The molecule has 0 saturated heterocycles. The second-order valence-corrected chi connectivity index (χ2v) is 8.51. The van der Waals surface area contributed by atoms with E-state index in [4.69, 9.17) is 0 Å². The molecule has 2 amide bonds. The van der Waals surface area contributed by atoms with E-state index in [1.807, 2.05) is 0 Å². The molecule has 1 saturated carbocycles. The average molecular weight is 413 g/mol. The lowest BCUT2D eigenvalue weighted by Crippen LogP contribution is -2.50. The van der Waals surface area contributed by atoms with Gasteiger partial charge in [0.15, 0.2) is 0 Å². The number of amides is 2. The van der Waals surface area contributed by atoms with E-state index in [1.165, 1.54) is 18.3 Å². The van der Waals surface area contributed by atoms with Crippen LogP contribution < -0.4 is 10.6 Å². The van der Waals surface area contributed by atoms with Crippen molar-refractivity contribution in [1.82, 2.24) is 15.6 Å². The van der Waals surface area contributed by atoms with Gasteiger partial charge in [0.1, 0.15) is 5.82 Å². The molecule has 2 atom stereocenters. The van der Waals surface area contributed by atoms with Crippen LogP contribution in [-0.4, -0.2) is 40.1 Å². The van der Waals surface area contributed by atoms with Crippen molar-refractivity contribution >= 4 is 11.8 Å². The van der Waals surface area contributed by atoms with Crippen LogP contribution in [0.4, 0.5) is 4.39 Å². The topological polar surface area (TPSA) is 91.3 Å². The number of hydrogen-bond donors (Lipinski definition) is 3. The smallest absolute Gasteiger partial charge is 0.253 e. The molecule has 0 spiro atoms. The van der Waals surface area contributed by atoms with E-state index in [9.17, 15) is 19.1 Å². The minimum atomic E-state index is -0.664. The summed E-state index contributed by atoms with van der Waals surface area (Å²) in [4.78, 5) is 29.4. The number of pyridine rings is 1. The summed E-state index contributed by atoms with van der Waals surface area (Å²) in [5.74, 6) is -0.859. The van der Waals surface area contributed by atoms with Crippen LogP contribution in [0.5, 0.6) is 0 Å². The van der Waals surface area contributed by atoms with Crippen molar-refractivity contribution < 1.29 is 19.1 Å². The number of benzene rings is 1. The minimum absolute atomic E-state index is 0.0888. The first-order valence-corrected chi connectivity index (χ1v) is 10.2. The van der Waals surface area contributed by atoms with Crippen molar-refractivity contribution in [2.24, 2.45) is 5.92 Å².